The Morgan fingerprint density at radius 2 is 1.46 bits per heavy atom. The van der Waals surface area contributed by atoms with Gasteiger partial charge in [-0.15, -0.1) is 0 Å². The average molecular weight is 417 g/mol. The van der Waals surface area contributed by atoms with Crippen LogP contribution >= 0.6 is 11.6 Å². The molecule has 0 atom stereocenters. The Morgan fingerprint density at radius 1 is 0.857 bits per heavy atom. The maximum atomic E-state index is 12.2. The van der Waals surface area contributed by atoms with E-state index >= 15 is 0 Å². The molecule has 0 aliphatic rings. The Bertz CT molecular complexity index is 1040. The highest BCUT2D eigenvalue weighted by Crippen LogP contribution is 2.22. The number of nitrogens with one attached hydrogen (secondary N) is 2. The van der Waals surface area contributed by atoms with Crippen LogP contribution in [0.4, 0.5) is 5.69 Å². The highest BCUT2D eigenvalue weighted by Gasteiger charge is 2.15. The number of carbonyl (C=O) groups excluding carboxylic acids is 1. The van der Waals surface area contributed by atoms with Gasteiger partial charge in [0.05, 0.1) is 11.4 Å². The van der Waals surface area contributed by atoms with Crippen molar-refractivity contribution >= 4 is 33.2 Å². The molecule has 3 aromatic carbocycles. The van der Waals surface area contributed by atoms with Crippen LogP contribution < -0.4 is 14.8 Å². The number of halogens is 1. The molecule has 3 rings (SSSR count). The number of anilines is 1. The summed E-state index contributed by atoms with van der Waals surface area (Å²) in [5, 5.41) is 3.05. The van der Waals surface area contributed by atoms with E-state index in [9.17, 15) is 13.2 Å². The monoisotopic (exact) mass is 416 g/mol. The minimum absolute atomic E-state index is 0.0344. The zero-order valence-corrected chi connectivity index (χ0v) is 16.2. The number of para-hydroxylation sites is 1. The quantitative estimate of drug-likeness (QED) is 0.608. The van der Waals surface area contributed by atoms with Crippen LogP contribution in [0.3, 0.4) is 0 Å². The first kappa shape index (κ1) is 19.9. The predicted molar refractivity (Wildman–Crippen MR) is 108 cm³/mol. The van der Waals surface area contributed by atoms with Crippen molar-refractivity contribution in [2.45, 2.75) is 4.90 Å². The summed E-state index contributed by atoms with van der Waals surface area (Å²) in [5.74, 6) is 0.831. The summed E-state index contributed by atoms with van der Waals surface area (Å²) in [7, 11) is -3.80. The second-order valence-electron chi connectivity index (χ2n) is 5.77. The summed E-state index contributed by atoms with van der Waals surface area (Å²) in [5.41, 5.74) is 0.524. The molecule has 0 saturated carbocycles. The Morgan fingerprint density at radius 3 is 2.11 bits per heavy atom. The Balaban J connectivity index is 1.54. The first-order valence-electron chi connectivity index (χ1n) is 8.30. The van der Waals surface area contributed by atoms with Crippen LogP contribution in [-0.4, -0.2) is 20.9 Å². The van der Waals surface area contributed by atoms with Crippen LogP contribution in [0.2, 0.25) is 5.02 Å². The summed E-state index contributed by atoms with van der Waals surface area (Å²) in [6.45, 7) is -0.396. The zero-order valence-electron chi connectivity index (χ0n) is 14.6. The highest BCUT2D eigenvalue weighted by atomic mass is 35.5. The smallest absolute Gasteiger partial charge is 0.241 e. The summed E-state index contributed by atoms with van der Waals surface area (Å²) >= 11 is 5.75. The van der Waals surface area contributed by atoms with Crippen LogP contribution in [-0.2, 0) is 14.8 Å². The van der Waals surface area contributed by atoms with Crippen molar-refractivity contribution < 1.29 is 17.9 Å². The van der Waals surface area contributed by atoms with E-state index in [4.69, 9.17) is 16.3 Å². The number of amides is 1. The van der Waals surface area contributed by atoms with Crippen molar-refractivity contribution in [2.24, 2.45) is 0 Å². The maximum absolute atomic E-state index is 12.2. The summed E-state index contributed by atoms with van der Waals surface area (Å²) in [4.78, 5) is 12.1. The fourth-order valence-corrected chi connectivity index (χ4v) is 3.40. The molecule has 3 aromatic rings. The van der Waals surface area contributed by atoms with Crippen molar-refractivity contribution in [1.82, 2.24) is 4.72 Å². The van der Waals surface area contributed by atoms with Crippen molar-refractivity contribution in [3.63, 3.8) is 0 Å². The lowest BCUT2D eigenvalue weighted by molar-refractivity contribution is -0.115. The average Bonchev–Trinajstić information content (AvgIpc) is 2.69. The fraction of sp³-hybridized carbons (Fsp3) is 0.0500. The van der Waals surface area contributed by atoms with Crippen LogP contribution in [0.5, 0.6) is 11.5 Å². The van der Waals surface area contributed by atoms with E-state index in [-0.39, 0.29) is 4.90 Å². The number of ether oxygens (including phenoxy) is 1. The number of hydrogen-bond acceptors (Lipinski definition) is 4. The second-order valence-corrected chi connectivity index (χ2v) is 7.97. The Hall–Kier alpha value is -2.87. The van der Waals surface area contributed by atoms with Crippen LogP contribution in [0.15, 0.2) is 83.8 Å². The van der Waals surface area contributed by atoms with E-state index in [1.807, 2.05) is 30.3 Å². The summed E-state index contributed by atoms with van der Waals surface area (Å²) < 4.78 is 32.3. The molecule has 2 N–H and O–H groups in total. The molecule has 0 aromatic heterocycles. The lowest BCUT2D eigenvalue weighted by Gasteiger charge is -2.09. The third kappa shape index (κ3) is 5.56. The molecular weight excluding hydrogens is 400 g/mol. The molecule has 0 fully saturated rings. The Kier molecular flexibility index (Phi) is 6.30. The molecule has 28 heavy (non-hydrogen) atoms. The third-order valence-corrected chi connectivity index (χ3v) is 5.33. The molecule has 8 heteroatoms. The van der Waals surface area contributed by atoms with Gasteiger partial charge in [-0.3, -0.25) is 4.79 Å². The largest absolute Gasteiger partial charge is 0.457 e. The van der Waals surface area contributed by atoms with Gasteiger partial charge in [-0.25, -0.2) is 13.1 Å². The number of rotatable bonds is 7. The molecule has 1 amide bonds. The SMILES string of the molecule is O=C(CNS(=O)(=O)c1ccc(Cl)cc1)Nc1ccc(Oc2ccccc2)cc1. The standard InChI is InChI=1S/C20H17ClN2O4S/c21-15-6-12-19(13-7-15)28(25,26)22-14-20(24)23-16-8-10-18(11-9-16)27-17-4-2-1-3-5-17/h1-13,22H,14H2,(H,23,24). The van der Waals surface area contributed by atoms with Gasteiger partial charge in [0.15, 0.2) is 0 Å². The van der Waals surface area contributed by atoms with Crippen LogP contribution in [0.25, 0.3) is 0 Å². The number of carbonyl (C=O) groups is 1. The molecule has 0 aliphatic carbocycles. The second kappa shape index (κ2) is 8.88. The third-order valence-electron chi connectivity index (χ3n) is 3.66. The van der Waals surface area contributed by atoms with E-state index in [1.165, 1.54) is 24.3 Å². The molecule has 0 heterocycles. The molecule has 144 valence electrons. The summed E-state index contributed by atoms with van der Waals surface area (Å²) in [6, 6.07) is 21.7. The molecule has 0 unspecified atom stereocenters. The minimum atomic E-state index is -3.80. The molecule has 0 bridgehead atoms. The zero-order chi connectivity index (χ0) is 20.0. The Labute approximate surface area is 168 Å². The van der Waals surface area contributed by atoms with Gasteiger partial charge in [0.2, 0.25) is 15.9 Å². The number of sulfonamides is 1. The lowest BCUT2D eigenvalue weighted by atomic mass is 10.3. The van der Waals surface area contributed by atoms with Gasteiger partial charge in [0.25, 0.3) is 0 Å². The summed E-state index contributed by atoms with van der Waals surface area (Å²) in [6.07, 6.45) is 0. The van der Waals surface area contributed by atoms with Crippen molar-refractivity contribution in [1.29, 1.82) is 0 Å². The van der Waals surface area contributed by atoms with Gasteiger partial charge < -0.3 is 10.1 Å². The number of hydrogen-bond donors (Lipinski definition) is 2. The van der Waals surface area contributed by atoms with Crippen molar-refractivity contribution in [3.8, 4) is 11.5 Å². The molecule has 0 aliphatic heterocycles. The van der Waals surface area contributed by atoms with Gasteiger partial charge in [-0.05, 0) is 60.7 Å². The van der Waals surface area contributed by atoms with Gasteiger partial charge >= 0.3 is 0 Å². The van der Waals surface area contributed by atoms with E-state index in [1.54, 1.807) is 24.3 Å². The van der Waals surface area contributed by atoms with Crippen molar-refractivity contribution in [3.05, 3.63) is 83.9 Å². The van der Waals surface area contributed by atoms with E-state index in [0.29, 0.717) is 22.2 Å². The molecule has 0 saturated heterocycles. The number of benzene rings is 3. The van der Waals surface area contributed by atoms with E-state index in [2.05, 4.69) is 10.0 Å². The van der Waals surface area contributed by atoms with Crippen LogP contribution in [0, 0.1) is 0 Å². The van der Waals surface area contributed by atoms with Gasteiger partial charge in [-0.1, -0.05) is 29.8 Å². The minimum Gasteiger partial charge on any atom is -0.457 e. The van der Waals surface area contributed by atoms with Gasteiger partial charge in [0, 0.05) is 10.7 Å². The molecular formula is C20H17ClN2O4S. The molecule has 0 spiro atoms. The lowest BCUT2D eigenvalue weighted by Crippen LogP contribution is -2.32. The van der Waals surface area contributed by atoms with Crippen LogP contribution in [0.1, 0.15) is 0 Å². The van der Waals surface area contributed by atoms with E-state index < -0.39 is 22.5 Å². The van der Waals surface area contributed by atoms with E-state index in [0.717, 1.165) is 0 Å². The van der Waals surface area contributed by atoms with Gasteiger partial charge in [0.1, 0.15) is 11.5 Å². The van der Waals surface area contributed by atoms with Crippen molar-refractivity contribution in [2.75, 3.05) is 11.9 Å². The fourth-order valence-electron chi connectivity index (χ4n) is 2.29. The molecule has 0 radical (unpaired) electrons. The predicted octanol–water partition coefficient (Wildman–Crippen LogP) is 4.05. The molecule has 6 nitrogen and oxygen atoms in total. The normalized spacial score (nSPS) is 11.0. The van der Waals surface area contributed by atoms with Gasteiger partial charge in [-0.2, -0.15) is 0 Å². The maximum Gasteiger partial charge on any atom is 0.241 e. The highest BCUT2D eigenvalue weighted by molar-refractivity contribution is 7.89. The topological polar surface area (TPSA) is 84.5 Å². The first-order valence-corrected chi connectivity index (χ1v) is 10.2. The first-order chi connectivity index (χ1) is 13.4.